The molecule has 36 heavy (non-hydrogen) atoms. The molecule has 0 aromatic heterocycles. The van der Waals surface area contributed by atoms with Crippen LogP contribution in [0, 0.1) is 0 Å². The van der Waals surface area contributed by atoms with Crippen LogP contribution in [-0.4, -0.2) is 84.0 Å². The van der Waals surface area contributed by atoms with Gasteiger partial charge >= 0.3 is 0 Å². The van der Waals surface area contributed by atoms with Crippen LogP contribution >= 0.6 is 36.7 Å². The van der Waals surface area contributed by atoms with Gasteiger partial charge in [0.1, 0.15) is 0 Å². The average Bonchev–Trinajstić information content (AvgIpc) is 2.80. The molecule has 2 amide bonds. The number of anilines is 1. The van der Waals surface area contributed by atoms with Gasteiger partial charge < -0.3 is 20.2 Å². The van der Waals surface area contributed by atoms with Gasteiger partial charge in [0.2, 0.25) is 0 Å². The van der Waals surface area contributed by atoms with Crippen LogP contribution in [0.4, 0.5) is 5.69 Å². The molecule has 4 rings (SSSR count). The van der Waals surface area contributed by atoms with Crippen molar-refractivity contribution in [1.29, 1.82) is 0 Å². The van der Waals surface area contributed by atoms with Gasteiger partial charge in [0.15, 0.2) is 5.60 Å². The molecule has 196 valence electrons. The summed E-state index contributed by atoms with van der Waals surface area (Å²) in [6.07, 6.45) is 1.74. The Kier molecular flexibility index (Phi) is 9.22. The molecule has 7 nitrogen and oxygen atoms in total. The average molecular weight is 554 g/mol. The van der Waals surface area contributed by atoms with Crippen LogP contribution in [0.1, 0.15) is 35.7 Å². The van der Waals surface area contributed by atoms with Gasteiger partial charge in [0.05, 0.1) is 16.6 Å². The number of halogens is 2. The number of benzene rings is 2. The molecule has 2 heterocycles. The van der Waals surface area contributed by atoms with Gasteiger partial charge in [0, 0.05) is 57.0 Å². The van der Waals surface area contributed by atoms with E-state index in [-0.39, 0.29) is 25.3 Å². The quantitative estimate of drug-likeness (QED) is 0.570. The minimum Gasteiger partial charge on any atom is -0.380 e. The molecule has 0 unspecified atom stereocenters. The molecule has 2 fully saturated rings. The number of aliphatic hydroxyl groups is 1. The number of carbonyl (C=O) groups excluding carboxylic acids is 2. The summed E-state index contributed by atoms with van der Waals surface area (Å²) in [6, 6.07) is 13.0. The zero-order valence-corrected chi connectivity index (χ0v) is 23.3. The Hall–Kier alpha value is -1.97. The first kappa shape index (κ1) is 28.6. The second-order valence-electron chi connectivity index (χ2n) is 9.80. The lowest BCUT2D eigenvalue weighted by atomic mass is 9.92. The van der Waals surface area contributed by atoms with E-state index in [1.54, 1.807) is 55.4 Å². The van der Waals surface area contributed by atoms with Gasteiger partial charge in [-0.25, -0.2) is 0 Å². The number of rotatable bonds is 6. The smallest absolute Gasteiger partial charge is 0.258 e. The third-order valence-corrected chi connectivity index (χ3v) is 7.51. The van der Waals surface area contributed by atoms with Crippen molar-refractivity contribution in [2.75, 3.05) is 45.6 Å². The molecular weight excluding hydrogens is 519 g/mol. The van der Waals surface area contributed by atoms with Gasteiger partial charge in [-0.3, -0.25) is 14.5 Å². The van der Waals surface area contributed by atoms with Crippen LogP contribution in [0.15, 0.2) is 42.5 Å². The predicted molar refractivity (Wildman–Crippen MR) is 149 cm³/mol. The van der Waals surface area contributed by atoms with E-state index < -0.39 is 5.60 Å². The first-order valence-electron chi connectivity index (χ1n) is 11.9. The third kappa shape index (κ3) is 6.11. The summed E-state index contributed by atoms with van der Waals surface area (Å²) in [7, 11) is 3.41. The Morgan fingerprint density at radius 1 is 1.08 bits per heavy atom. The fourth-order valence-electron chi connectivity index (χ4n) is 4.81. The molecule has 0 aliphatic carbocycles. The summed E-state index contributed by atoms with van der Waals surface area (Å²) in [4.78, 5) is 30.9. The molecule has 10 heteroatoms. The van der Waals surface area contributed by atoms with Gasteiger partial charge in [0.25, 0.3) is 11.8 Å². The summed E-state index contributed by atoms with van der Waals surface area (Å²) in [5.41, 5.74) is 0.303. The Bertz CT molecular complexity index is 1100. The van der Waals surface area contributed by atoms with E-state index in [4.69, 9.17) is 23.2 Å². The van der Waals surface area contributed by atoms with Gasteiger partial charge in [-0.05, 0) is 55.7 Å². The minimum absolute atomic E-state index is 0. The number of nitrogens with zero attached hydrogens (tertiary/aromatic N) is 3. The standard InChI is InChI=1S/C26H32Cl2N4O3.H2S/c1-26(35,17-5-4-6-18(27)13-17)25(34)31-11-9-21(10-12-31)32-15-20(16-32)29-19-7-8-22(23(28)14-19)24(33)30(2)3;/h4-8,13-14,20-21,29,35H,9-12,15-16H2,1-3H3;1H2/t26-;/m0./s1. The van der Waals surface area contributed by atoms with Crippen LogP contribution in [0.3, 0.4) is 0 Å². The monoisotopic (exact) mass is 552 g/mol. The summed E-state index contributed by atoms with van der Waals surface area (Å²) in [6.45, 7) is 4.59. The van der Waals surface area contributed by atoms with E-state index in [1.807, 2.05) is 6.07 Å². The number of nitrogens with one attached hydrogen (secondary N) is 1. The van der Waals surface area contributed by atoms with Gasteiger partial charge in [-0.15, -0.1) is 0 Å². The molecule has 2 aromatic carbocycles. The fraction of sp³-hybridized carbons (Fsp3) is 0.462. The van der Waals surface area contributed by atoms with Crippen molar-refractivity contribution in [3.8, 4) is 0 Å². The normalized spacial score (nSPS) is 18.6. The Balaban J connectivity index is 0.00000361. The second kappa shape index (κ2) is 11.6. The number of hydrogen-bond donors (Lipinski definition) is 2. The highest BCUT2D eigenvalue weighted by atomic mass is 35.5. The summed E-state index contributed by atoms with van der Waals surface area (Å²) in [5.74, 6) is -0.398. The highest BCUT2D eigenvalue weighted by Gasteiger charge is 2.40. The summed E-state index contributed by atoms with van der Waals surface area (Å²) >= 11 is 12.4. The van der Waals surface area contributed by atoms with Crippen molar-refractivity contribution in [2.45, 2.75) is 37.5 Å². The van der Waals surface area contributed by atoms with Crippen molar-refractivity contribution < 1.29 is 14.7 Å². The molecule has 0 bridgehead atoms. The molecule has 2 aliphatic rings. The first-order valence-corrected chi connectivity index (χ1v) is 12.6. The van der Waals surface area contributed by atoms with E-state index in [1.165, 1.54) is 11.8 Å². The number of piperidine rings is 1. The topological polar surface area (TPSA) is 76.1 Å². The molecular formula is C26H34Cl2N4O3S. The Morgan fingerprint density at radius 2 is 1.75 bits per heavy atom. The molecule has 0 radical (unpaired) electrons. The number of hydrogen-bond acceptors (Lipinski definition) is 5. The van der Waals surface area contributed by atoms with E-state index in [2.05, 4.69) is 10.2 Å². The lowest BCUT2D eigenvalue weighted by Gasteiger charge is -2.48. The summed E-state index contributed by atoms with van der Waals surface area (Å²) in [5, 5.41) is 15.4. The van der Waals surface area contributed by atoms with E-state index in [0.29, 0.717) is 46.3 Å². The minimum atomic E-state index is -1.60. The van der Waals surface area contributed by atoms with Crippen molar-refractivity contribution in [3.05, 3.63) is 63.6 Å². The third-order valence-electron chi connectivity index (χ3n) is 6.96. The van der Waals surface area contributed by atoms with E-state index in [0.717, 1.165) is 31.6 Å². The maximum absolute atomic E-state index is 13.1. The van der Waals surface area contributed by atoms with Crippen LogP contribution in [0.2, 0.25) is 10.0 Å². The second-order valence-corrected chi connectivity index (χ2v) is 10.6. The zero-order valence-electron chi connectivity index (χ0n) is 20.8. The van der Waals surface area contributed by atoms with Crippen LogP contribution in [0.25, 0.3) is 0 Å². The molecule has 1 atom stereocenters. The van der Waals surface area contributed by atoms with Gasteiger partial charge in [-0.2, -0.15) is 13.5 Å². The number of likely N-dealkylation sites (tertiary alicyclic amines) is 2. The molecule has 2 aliphatic heterocycles. The lowest BCUT2D eigenvalue weighted by Crippen LogP contribution is -2.61. The SMILES string of the molecule is CN(C)C(=O)c1ccc(NC2CN(C3CCN(C(=O)[C@@](C)(O)c4cccc(Cl)c4)CC3)C2)cc1Cl.S. The molecule has 0 spiro atoms. The Labute approximate surface area is 229 Å². The predicted octanol–water partition coefficient (Wildman–Crippen LogP) is 3.80. The van der Waals surface area contributed by atoms with Crippen molar-refractivity contribution in [2.24, 2.45) is 0 Å². The number of amides is 2. The van der Waals surface area contributed by atoms with Crippen LogP contribution in [0.5, 0.6) is 0 Å². The van der Waals surface area contributed by atoms with Crippen LogP contribution < -0.4 is 5.32 Å². The van der Waals surface area contributed by atoms with Crippen LogP contribution in [-0.2, 0) is 10.4 Å². The van der Waals surface area contributed by atoms with E-state index in [9.17, 15) is 14.7 Å². The maximum atomic E-state index is 13.1. The fourth-order valence-corrected chi connectivity index (χ4v) is 5.27. The number of carbonyl (C=O) groups is 2. The molecule has 2 aromatic rings. The van der Waals surface area contributed by atoms with Crippen molar-refractivity contribution in [1.82, 2.24) is 14.7 Å². The maximum Gasteiger partial charge on any atom is 0.258 e. The largest absolute Gasteiger partial charge is 0.380 e. The van der Waals surface area contributed by atoms with Crippen molar-refractivity contribution in [3.63, 3.8) is 0 Å². The van der Waals surface area contributed by atoms with Gasteiger partial charge in [-0.1, -0.05) is 35.3 Å². The van der Waals surface area contributed by atoms with E-state index >= 15 is 0 Å². The molecule has 2 saturated heterocycles. The zero-order chi connectivity index (χ0) is 25.3. The molecule has 2 N–H and O–H groups in total. The molecule has 0 saturated carbocycles. The Morgan fingerprint density at radius 3 is 2.33 bits per heavy atom. The lowest BCUT2D eigenvalue weighted by molar-refractivity contribution is -0.152. The summed E-state index contributed by atoms with van der Waals surface area (Å²) < 4.78 is 0. The highest BCUT2D eigenvalue weighted by Crippen LogP contribution is 2.30. The first-order chi connectivity index (χ1) is 16.6. The van der Waals surface area contributed by atoms with Crippen molar-refractivity contribution >= 4 is 54.2 Å². The highest BCUT2D eigenvalue weighted by molar-refractivity contribution is 7.59.